The zero-order chi connectivity index (χ0) is 21.8. The highest BCUT2D eigenvalue weighted by atomic mass is 79.9. The molecule has 0 unspecified atom stereocenters. The molecule has 0 spiro atoms. The predicted octanol–water partition coefficient (Wildman–Crippen LogP) is 6.53. The van der Waals surface area contributed by atoms with E-state index in [0.717, 1.165) is 10.0 Å². The molecular formula is C22H16Br2ClN3O3. The van der Waals surface area contributed by atoms with Crippen molar-refractivity contribution in [3.63, 3.8) is 0 Å². The van der Waals surface area contributed by atoms with Gasteiger partial charge in [0.25, 0.3) is 5.91 Å². The van der Waals surface area contributed by atoms with Gasteiger partial charge in [0.15, 0.2) is 11.6 Å². The second-order valence-corrected chi connectivity index (χ2v) is 8.82. The van der Waals surface area contributed by atoms with Crippen LogP contribution in [0, 0.1) is 0 Å². The van der Waals surface area contributed by atoms with E-state index in [1.807, 2.05) is 48.5 Å². The number of carbonyl (C=O) groups excluding carboxylic acids is 1. The maximum Gasteiger partial charge on any atom is 0.292 e. The SMILES string of the molecule is O=C(Nc1nn(Cc2ccc(Cl)cc2)cc1Br)c1ccc(COc2ccc(Br)cc2)o1. The van der Waals surface area contributed by atoms with E-state index in [1.54, 1.807) is 23.0 Å². The van der Waals surface area contributed by atoms with Gasteiger partial charge in [0.2, 0.25) is 0 Å². The normalized spacial score (nSPS) is 10.8. The molecule has 2 aromatic heterocycles. The van der Waals surface area contributed by atoms with E-state index in [-0.39, 0.29) is 12.4 Å². The highest BCUT2D eigenvalue weighted by Gasteiger charge is 2.16. The minimum atomic E-state index is -0.396. The van der Waals surface area contributed by atoms with Crippen molar-refractivity contribution in [2.24, 2.45) is 0 Å². The smallest absolute Gasteiger partial charge is 0.292 e. The van der Waals surface area contributed by atoms with Gasteiger partial charge in [0.1, 0.15) is 18.1 Å². The van der Waals surface area contributed by atoms with Gasteiger partial charge in [-0.3, -0.25) is 9.48 Å². The molecule has 0 bridgehead atoms. The van der Waals surface area contributed by atoms with Crippen LogP contribution in [0.15, 0.2) is 80.2 Å². The van der Waals surface area contributed by atoms with E-state index in [9.17, 15) is 4.79 Å². The Bertz CT molecular complexity index is 1190. The van der Waals surface area contributed by atoms with Gasteiger partial charge in [0, 0.05) is 15.7 Å². The van der Waals surface area contributed by atoms with Crippen LogP contribution < -0.4 is 10.1 Å². The fraction of sp³-hybridized carbons (Fsp3) is 0.0909. The monoisotopic (exact) mass is 563 g/mol. The lowest BCUT2D eigenvalue weighted by Gasteiger charge is -2.04. The van der Waals surface area contributed by atoms with Crippen LogP contribution in [0.4, 0.5) is 5.82 Å². The molecule has 0 radical (unpaired) electrons. The number of carbonyl (C=O) groups is 1. The number of benzene rings is 2. The van der Waals surface area contributed by atoms with E-state index >= 15 is 0 Å². The third-order valence-electron chi connectivity index (χ3n) is 4.29. The Balaban J connectivity index is 1.36. The average molecular weight is 566 g/mol. The number of aromatic nitrogens is 2. The Kier molecular flexibility index (Phi) is 6.80. The second kappa shape index (κ2) is 9.72. The first-order valence-electron chi connectivity index (χ1n) is 9.22. The largest absolute Gasteiger partial charge is 0.486 e. The highest BCUT2D eigenvalue weighted by molar-refractivity contribution is 9.10. The van der Waals surface area contributed by atoms with Crippen LogP contribution in [0.3, 0.4) is 0 Å². The summed E-state index contributed by atoms with van der Waals surface area (Å²) < 4.78 is 14.6. The van der Waals surface area contributed by atoms with E-state index < -0.39 is 5.91 Å². The number of nitrogens with one attached hydrogen (secondary N) is 1. The van der Waals surface area contributed by atoms with Crippen molar-refractivity contribution in [2.45, 2.75) is 13.2 Å². The van der Waals surface area contributed by atoms with Gasteiger partial charge in [0.05, 0.1) is 11.0 Å². The van der Waals surface area contributed by atoms with Crippen LogP contribution in [-0.4, -0.2) is 15.7 Å². The Hall–Kier alpha value is -2.55. The van der Waals surface area contributed by atoms with E-state index in [2.05, 4.69) is 42.3 Å². The van der Waals surface area contributed by atoms with Gasteiger partial charge in [-0.05, 0) is 70.0 Å². The molecule has 0 aliphatic carbocycles. The number of amides is 1. The van der Waals surface area contributed by atoms with Crippen molar-refractivity contribution >= 4 is 55.2 Å². The number of nitrogens with zero attached hydrogens (tertiary/aromatic N) is 2. The Labute approximate surface area is 200 Å². The molecule has 9 heteroatoms. The molecule has 1 N–H and O–H groups in total. The van der Waals surface area contributed by atoms with E-state index in [4.69, 9.17) is 20.8 Å². The van der Waals surface area contributed by atoms with Crippen LogP contribution >= 0.6 is 43.5 Å². The molecule has 0 aliphatic heterocycles. The van der Waals surface area contributed by atoms with Crippen LogP contribution in [0.5, 0.6) is 5.75 Å². The summed E-state index contributed by atoms with van der Waals surface area (Å²) in [7, 11) is 0. The first-order valence-corrected chi connectivity index (χ1v) is 11.2. The molecule has 4 rings (SSSR count). The maximum absolute atomic E-state index is 12.6. The number of furan rings is 1. The molecule has 0 atom stereocenters. The second-order valence-electron chi connectivity index (χ2n) is 6.61. The van der Waals surface area contributed by atoms with Crippen molar-refractivity contribution < 1.29 is 13.9 Å². The standard InChI is InChI=1S/C22H16Br2ClN3O3/c23-15-3-7-17(8-4-15)30-13-18-9-10-20(31-18)22(29)26-21-19(24)12-28(27-21)11-14-1-5-16(25)6-2-14/h1-10,12H,11,13H2,(H,26,27,29). The molecule has 0 fully saturated rings. The summed E-state index contributed by atoms with van der Waals surface area (Å²) in [6.07, 6.45) is 1.80. The van der Waals surface area contributed by atoms with Gasteiger partial charge >= 0.3 is 0 Å². The number of ether oxygens (including phenoxy) is 1. The van der Waals surface area contributed by atoms with Gasteiger partial charge < -0.3 is 14.5 Å². The van der Waals surface area contributed by atoms with Gasteiger partial charge in [-0.15, -0.1) is 0 Å². The van der Waals surface area contributed by atoms with Gasteiger partial charge in [-0.25, -0.2) is 0 Å². The maximum atomic E-state index is 12.6. The fourth-order valence-corrected chi connectivity index (χ4v) is 3.58. The molecule has 31 heavy (non-hydrogen) atoms. The van der Waals surface area contributed by atoms with E-state index in [1.165, 1.54) is 0 Å². The molecule has 158 valence electrons. The number of anilines is 1. The first kappa shape index (κ1) is 21.7. The quantitative estimate of drug-likeness (QED) is 0.277. The molecule has 0 saturated carbocycles. The predicted molar refractivity (Wildman–Crippen MR) is 126 cm³/mol. The highest BCUT2D eigenvalue weighted by Crippen LogP contribution is 2.23. The lowest BCUT2D eigenvalue weighted by atomic mass is 10.2. The molecule has 2 aromatic carbocycles. The molecular weight excluding hydrogens is 550 g/mol. The minimum Gasteiger partial charge on any atom is -0.486 e. The molecule has 4 aromatic rings. The number of hydrogen-bond donors (Lipinski definition) is 1. The van der Waals surface area contributed by atoms with Gasteiger partial charge in [-0.2, -0.15) is 5.10 Å². The first-order chi connectivity index (χ1) is 15.0. The van der Waals surface area contributed by atoms with Crippen molar-refractivity contribution in [1.82, 2.24) is 9.78 Å². The molecule has 1 amide bonds. The fourth-order valence-electron chi connectivity index (χ4n) is 2.77. The average Bonchev–Trinajstić information content (AvgIpc) is 3.36. The Morgan fingerprint density at radius 2 is 1.81 bits per heavy atom. The number of halogens is 3. The molecule has 6 nitrogen and oxygen atoms in total. The summed E-state index contributed by atoms with van der Waals surface area (Å²) in [5.41, 5.74) is 1.04. The Morgan fingerprint density at radius 3 is 2.55 bits per heavy atom. The lowest BCUT2D eigenvalue weighted by molar-refractivity contribution is 0.0992. The van der Waals surface area contributed by atoms with Crippen LogP contribution in [0.1, 0.15) is 21.9 Å². The number of hydrogen-bond acceptors (Lipinski definition) is 4. The molecule has 0 saturated heterocycles. The van der Waals surface area contributed by atoms with Crippen molar-refractivity contribution in [3.8, 4) is 5.75 Å². The van der Waals surface area contributed by atoms with Crippen LogP contribution in [-0.2, 0) is 13.2 Å². The van der Waals surface area contributed by atoms with E-state index in [0.29, 0.717) is 33.4 Å². The molecule has 2 heterocycles. The topological polar surface area (TPSA) is 69.3 Å². The van der Waals surface area contributed by atoms with Gasteiger partial charge in [-0.1, -0.05) is 39.7 Å². The lowest BCUT2D eigenvalue weighted by Crippen LogP contribution is -2.12. The van der Waals surface area contributed by atoms with Crippen molar-refractivity contribution in [3.05, 3.63) is 97.9 Å². The summed E-state index contributed by atoms with van der Waals surface area (Å²) in [5.74, 6) is 1.44. The number of rotatable bonds is 7. The zero-order valence-electron chi connectivity index (χ0n) is 16.0. The Morgan fingerprint density at radius 1 is 1.06 bits per heavy atom. The molecule has 0 aliphatic rings. The third-order valence-corrected chi connectivity index (χ3v) is 5.65. The summed E-state index contributed by atoms with van der Waals surface area (Å²) in [4.78, 5) is 12.6. The van der Waals surface area contributed by atoms with Crippen LogP contribution in [0.25, 0.3) is 0 Å². The summed E-state index contributed by atoms with van der Waals surface area (Å²) >= 11 is 12.7. The van der Waals surface area contributed by atoms with Crippen molar-refractivity contribution in [1.29, 1.82) is 0 Å². The van der Waals surface area contributed by atoms with Crippen LogP contribution in [0.2, 0.25) is 5.02 Å². The zero-order valence-corrected chi connectivity index (χ0v) is 19.9. The van der Waals surface area contributed by atoms with Crippen molar-refractivity contribution in [2.75, 3.05) is 5.32 Å². The minimum absolute atomic E-state index is 0.175. The summed E-state index contributed by atoms with van der Waals surface area (Å²) in [5, 5.41) is 7.85. The summed E-state index contributed by atoms with van der Waals surface area (Å²) in [6.45, 7) is 0.762. The third kappa shape index (κ3) is 5.78. The summed E-state index contributed by atoms with van der Waals surface area (Å²) in [6, 6.07) is 18.3.